The Bertz CT molecular complexity index is 1850. The van der Waals surface area contributed by atoms with Crippen LogP contribution in [0.3, 0.4) is 0 Å². The number of piperidine rings is 1. The quantitative estimate of drug-likeness (QED) is 0.200. The Kier molecular flexibility index (Phi) is 7.80. The number of ether oxygens (including phenoxy) is 1. The number of carbonyl (C=O) groups excluding carboxylic acids is 3. The maximum atomic E-state index is 14.3. The number of rotatable bonds is 6. The van der Waals surface area contributed by atoms with Crippen molar-refractivity contribution in [2.24, 2.45) is 17.4 Å². The lowest BCUT2D eigenvalue weighted by Gasteiger charge is -2.37. The summed E-state index contributed by atoms with van der Waals surface area (Å²) in [6.07, 6.45) is 2.39. The standard InChI is InChI=1S/C35H38N6O4S/c1-19-16-23(45-22-7-3-2-4-8-22)9-10-24(19)35(38)25-11-12-26(36)30-27(25)28(29(37)32(35)42)31(46-30)33(43)40-21-6-5-15-41(18-21)34(44)20-13-14-39-17-20/h2-4,7-12,16,20-21,29,39H,5-6,13-15,17-18,36-38H2,1H3,(H,40,43)/t20-,21+,29?,35?/m0/s1. The molecule has 10 nitrogen and oxygen atoms in total. The van der Waals surface area contributed by atoms with Crippen LogP contribution in [0.5, 0.6) is 11.5 Å². The molecule has 1 aliphatic carbocycles. The molecule has 0 saturated carbocycles. The highest BCUT2D eigenvalue weighted by Crippen LogP contribution is 2.50. The minimum Gasteiger partial charge on any atom is -0.457 e. The second kappa shape index (κ2) is 11.8. The van der Waals surface area contributed by atoms with Gasteiger partial charge in [-0.15, -0.1) is 11.3 Å². The highest BCUT2D eigenvalue weighted by Gasteiger charge is 2.49. The molecule has 7 rings (SSSR count). The third-order valence-electron chi connectivity index (χ3n) is 9.60. The van der Waals surface area contributed by atoms with Crippen LogP contribution in [0.15, 0.2) is 60.7 Å². The molecule has 2 unspecified atom stereocenters. The van der Waals surface area contributed by atoms with E-state index in [1.54, 1.807) is 18.2 Å². The molecule has 1 aromatic heterocycles. The van der Waals surface area contributed by atoms with E-state index in [9.17, 15) is 14.4 Å². The number of anilines is 1. The van der Waals surface area contributed by atoms with E-state index in [4.69, 9.17) is 21.9 Å². The average Bonchev–Trinajstić information content (AvgIpc) is 3.74. The summed E-state index contributed by atoms with van der Waals surface area (Å²) in [6.45, 7) is 4.57. The van der Waals surface area contributed by atoms with Crippen molar-refractivity contribution in [3.8, 4) is 11.5 Å². The van der Waals surface area contributed by atoms with Crippen LogP contribution in [-0.2, 0) is 15.1 Å². The van der Waals surface area contributed by atoms with E-state index in [1.807, 2.05) is 54.3 Å². The van der Waals surface area contributed by atoms with Gasteiger partial charge in [-0.25, -0.2) is 0 Å². The van der Waals surface area contributed by atoms with Gasteiger partial charge in [-0.05, 0) is 79.8 Å². The van der Waals surface area contributed by atoms with Crippen molar-refractivity contribution in [2.75, 3.05) is 31.9 Å². The monoisotopic (exact) mass is 638 g/mol. The van der Waals surface area contributed by atoms with Crippen LogP contribution in [0.25, 0.3) is 10.1 Å². The number of nitrogens with one attached hydrogen (secondary N) is 2. The van der Waals surface area contributed by atoms with E-state index in [0.29, 0.717) is 68.5 Å². The Hall–Kier alpha value is -4.29. The Labute approximate surface area is 271 Å². The van der Waals surface area contributed by atoms with Gasteiger partial charge in [0.1, 0.15) is 17.0 Å². The molecule has 2 amide bonds. The van der Waals surface area contributed by atoms with Crippen molar-refractivity contribution in [1.82, 2.24) is 15.5 Å². The Morgan fingerprint density at radius 2 is 1.85 bits per heavy atom. The van der Waals surface area contributed by atoms with Gasteiger partial charge in [-0.3, -0.25) is 14.4 Å². The number of ketones is 1. The predicted octanol–water partition coefficient (Wildman–Crippen LogP) is 3.70. The van der Waals surface area contributed by atoms with Crippen LogP contribution in [0.1, 0.15) is 57.2 Å². The molecule has 2 saturated heterocycles. The number of aryl methyl sites for hydroxylation is 1. The van der Waals surface area contributed by atoms with E-state index in [1.165, 1.54) is 11.3 Å². The summed E-state index contributed by atoms with van der Waals surface area (Å²) in [5.41, 5.74) is 21.6. The SMILES string of the molecule is Cc1cc(Oc2ccccc2)ccc1C1(N)C(=O)C(N)c2c(C(=O)N[C@@H]3CCCN(C(=O)[C@H]4CCNC4)C3)sc3c(N)ccc1c23. The van der Waals surface area contributed by atoms with Crippen molar-refractivity contribution in [3.63, 3.8) is 0 Å². The molecule has 4 aromatic rings. The highest BCUT2D eigenvalue weighted by molar-refractivity contribution is 7.21. The third-order valence-corrected chi connectivity index (χ3v) is 10.9. The molecule has 3 heterocycles. The lowest BCUT2D eigenvalue weighted by molar-refractivity contribution is -0.136. The van der Waals surface area contributed by atoms with Crippen molar-refractivity contribution in [2.45, 2.75) is 43.8 Å². The lowest BCUT2D eigenvalue weighted by atomic mass is 9.69. The minimum atomic E-state index is -1.57. The maximum Gasteiger partial charge on any atom is 0.262 e. The number of likely N-dealkylation sites (tertiary alicyclic amines) is 1. The summed E-state index contributed by atoms with van der Waals surface area (Å²) in [5.74, 6) is 0.706. The van der Waals surface area contributed by atoms with Gasteiger partial charge in [-0.2, -0.15) is 0 Å². The van der Waals surface area contributed by atoms with Crippen LogP contribution in [0.2, 0.25) is 0 Å². The molecule has 11 heteroatoms. The zero-order valence-electron chi connectivity index (χ0n) is 25.7. The summed E-state index contributed by atoms with van der Waals surface area (Å²) < 4.78 is 6.69. The fourth-order valence-electron chi connectivity index (χ4n) is 7.26. The summed E-state index contributed by atoms with van der Waals surface area (Å²) in [5, 5.41) is 7.05. The van der Waals surface area contributed by atoms with E-state index < -0.39 is 17.4 Å². The first-order valence-electron chi connectivity index (χ1n) is 15.7. The number of nitrogens with zero attached hydrogens (tertiary/aromatic N) is 1. The fraction of sp³-hybridized carbons (Fsp3) is 0.343. The molecule has 0 spiro atoms. The first kappa shape index (κ1) is 30.4. The number of nitrogen functional groups attached to an aromatic ring is 1. The van der Waals surface area contributed by atoms with E-state index in [-0.39, 0.29) is 23.8 Å². The molecule has 2 aliphatic heterocycles. The summed E-state index contributed by atoms with van der Waals surface area (Å²) in [6, 6.07) is 17.0. The molecule has 238 valence electrons. The summed E-state index contributed by atoms with van der Waals surface area (Å²) in [4.78, 5) is 43.5. The predicted molar refractivity (Wildman–Crippen MR) is 179 cm³/mol. The summed E-state index contributed by atoms with van der Waals surface area (Å²) in [7, 11) is 0. The van der Waals surface area contributed by atoms with Crippen molar-refractivity contribution < 1.29 is 19.1 Å². The van der Waals surface area contributed by atoms with Crippen molar-refractivity contribution in [1.29, 1.82) is 0 Å². The molecule has 4 atom stereocenters. The van der Waals surface area contributed by atoms with Gasteiger partial charge >= 0.3 is 0 Å². The van der Waals surface area contributed by atoms with Crippen LogP contribution in [-0.4, -0.2) is 54.7 Å². The zero-order chi connectivity index (χ0) is 32.2. The molecular weight excluding hydrogens is 600 g/mol. The molecule has 2 fully saturated rings. The highest BCUT2D eigenvalue weighted by atomic mass is 32.1. The van der Waals surface area contributed by atoms with Crippen molar-refractivity contribution >= 4 is 44.7 Å². The van der Waals surface area contributed by atoms with Crippen LogP contribution >= 0.6 is 11.3 Å². The van der Waals surface area contributed by atoms with Gasteiger partial charge in [-0.1, -0.05) is 30.3 Å². The van der Waals surface area contributed by atoms with Crippen LogP contribution in [0, 0.1) is 12.8 Å². The largest absolute Gasteiger partial charge is 0.457 e. The molecule has 3 aromatic carbocycles. The van der Waals surface area contributed by atoms with Gasteiger partial charge in [0.05, 0.1) is 21.5 Å². The number of Topliss-reactive ketones (excluding diaryl/α,β-unsaturated/α-hetero) is 1. The molecule has 0 bridgehead atoms. The lowest BCUT2D eigenvalue weighted by Crippen LogP contribution is -2.53. The van der Waals surface area contributed by atoms with Crippen molar-refractivity contribution in [3.05, 3.63) is 87.8 Å². The van der Waals surface area contributed by atoms with Gasteiger partial charge in [0, 0.05) is 42.3 Å². The van der Waals surface area contributed by atoms with Gasteiger partial charge < -0.3 is 37.5 Å². The second-order valence-corrected chi connectivity index (χ2v) is 13.6. The Balaban J connectivity index is 1.21. The molecule has 46 heavy (non-hydrogen) atoms. The number of amides is 2. The van der Waals surface area contributed by atoms with Gasteiger partial charge in [0.2, 0.25) is 5.91 Å². The first-order valence-corrected chi connectivity index (χ1v) is 16.6. The number of para-hydroxylation sites is 1. The minimum absolute atomic E-state index is 0.0142. The van der Waals surface area contributed by atoms with E-state index in [2.05, 4.69) is 10.6 Å². The molecular formula is C35H38N6O4S. The molecule has 0 radical (unpaired) electrons. The zero-order valence-corrected chi connectivity index (χ0v) is 26.5. The van der Waals surface area contributed by atoms with E-state index >= 15 is 0 Å². The van der Waals surface area contributed by atoms with Gasteiger partial charge in [0.15, 0.2) is 5.78 Å². The normalized spacial score (nSPS) is 24.3. The number of carbonyl (C=O) groups is 3. The van der Waals surface area contributed by atoms with Gasteiger partial charge in [0.25, 0.3) is 5.91 Å². The average molecular weight is 639 g/mol. The Morgan fingerprint density at radius 3 is 2.59 bits per heavy atom. The molecule has 8 N–H and O–H groups in total. The maximum absolute atomic E-state index is 14.3. The number of benzene rings is 3. The smallest absolute Gasteiger partial charge is 0.262 e. The summed E-state index contributed by atoms with van der Waals surface area (Å²) >= 11 is 1.23. The third kappa shape index (κ3) is 5.04. The number of nitrogens with two attached hydrogens (primary N) is 3. The fourth-order valence-corrected chi connectivity index (χ4v) is 8.47. The second-order valence-electron chi connectivity index (χ2n) is 12.6. The topological polar surface area (TPSA) is 166 Å². The molecule has 3 aliphatic rings. The number of thiophene rings is 1. The number of hydrogen-bond acceptors (Lipinski definition) is 9. The van der Waals surface area contributed by atoms with E-state index in [0.717, 1.165) is 31.4 Å². The number of hydrogen-bond donors (Lipinski definition) is 5. The Morgan fingerprint density at radius 1 is 1.07 bits per heavy atom. The van der Waals surface area contributed by atoms with Crippen LogP contribution < -0.4 is 32.6 Å². The van der Waals surface area contributed by atoms with Crippen LogP contribution in [0.4, 0.5) is 5.69 Å². The first-order chi connectivity index (χ1) is 22.2.